The Morgan fingerprint density at radius 2 is 1.94 bits per heavy atom. The van der Waals surface area contributed by atoms with Crippen molar-refractivity contribution in [3.05, 3.63) is 23.2 Å². The number of benzene rings is 1. The Morgan fingerprint density at radius 3 is 2.63 bits per heavy atom. The highest BCUT2D eigenvalue weighted by Crippen LogP contribution is 2.34. The summed E-state index contributed by atoms with van der Waals surface area (Å²) in [6, 6.07) is 6.43. The summed E-state index contributed by atoms with van der Waals surface area (Å²) in [7, 11) is 0. The van der Waals surface area contributed by atoms with Gasteiger partial charge in [0.1, 0.15) is 5.75 Å². The molecule has 1 aromatic heterocycles. The molecule has 3 aliphatic rings. The van der Waals surface area contributed by atoms with E-state index in [1.165, 1.54) is 44.9 Å². The van der Waals surface area contributed by atoms with Crippen molar-refractivity contribution >= 4 is 35.1 Å². The van der Waals surface area contributed by atoms with E-state index in [1.54, 1.807) is 0 Å². The van der Waals surface area contributed by atoms with Gasteiger partial charge >= 0.3 is 0 Å². The molecule has 2 unspecified atom stereocenters. The number of nitrogen functional groups attached to an aromatic ring is 1. The third-order valence-electron chi connectivity index (χ3n) is 7.46. The summed E-state index contributed by atoms with van der Waals surface area (Å²) < 4.78 is 5.86. The number of hydrogen-bond donors (Lipinski definition) is 3. The molecule has 0 amide bonds. The molecule has 2 saturated carbocycles. The summed E-state index contributed by atoms with van der Waals surface area (Å²) in [5.74, 6) is 2.68. The summed E-state index contributed by atoms with van der Waals surface area (Å²) in [5.41, 5.74) is 6.99. The Morgan fingerprint density at radius 1 is 1.11 bits per heavy atom. The number of nitrogens with zero attached hydrogens (tertiary/aromatic N) is 4. The molecule has 3 fully saturated rings. The number of aromatic nitrogens is 3. The minimum atomic E-state index is 0.222. The van der Waals surface area contributed by atoms with E-state index in [4.69, 9.17) is 27.1 Å². The van der Waals surface area contributed by atoms with E-state index in [0.29, 0.717) is 46.8 Å². The number of hydrogen-bond acceptors (Lipinski definition) is 8. The van der Waals surface area contributed by atoms with Crippen molar-refractivity contribution in [1.29, 1.82) is 0 Å². The zero-order valence-corrected chi connectivity index (χ0v) is 21.4. The predicted molar refractivity (Wildman–Crippen MR) is 142 cm³/mol. The molecule has 0 spiro atoms. The van der Waals surface area contributed by atoms with Crippen LogP contribution in [0.2, 0.25) is 5.02 Å². The van der Waals surface area contributed by atoms with Gasteiger partial charge in [-0.2, -0.15) is 15.0 Å². The standard InChI is InChI=1S/C26H38ClN7O/c1-2-22(21-9-6-14-29-21)34(16-17-7-4-3-5-8-17)26-32-24(28)31-25(33-26)30-18-10-13-23(20(27)15-18)35-19-11-12-19/h10,13,15,17,19,21-22,29H,2-9,11-12,14,16H2,1H3,(H3,28,30,31,32,33). The quantitative estimate of drug-likeness (QED) is 0.404. The maximum Gasteiger partial charge on any atom is 0.233 e. The molecule has 2 atom stereocenters. The van der Waals surface area contributed by atoms with Crippen LogP contribution in [-0.2, 0) is 0 Å². The Hall–Kier alpha value is -2.32. The van der Waals surface area contributed by atoms with Crippen molar-refractivity contribution in [2.45, 2.75) is 89.3 Å². The molecule has 2 aliphatic carbocycles. The molecule has 1 aromatic carbocycles. The molecule has 4 N–H and O–H groups in total. The van der Waals surface area contributed by atoms with E-state index < -0.39 is 0 Å². The molecule has 9 heteroatoms. The first-order valence-corrected chi connectivity index (χ1v) is 13.7. The number of nitrogens with one attached hydrogen (secondary N) is 2. The van der Waals surface area contributed by atoms with E-state index in [2.05, 4.69) is 32.4 Å². The third kappa shape index (κ3) is 6.28. The fourth-order valence-corrected chi connectivity index (χ4v) is 5.73. The van der Waals surface area contributed by atoms with E-state index in [9.17, 15) is 0 Å². The Kier molecular flexibility index (Phi) is 7.78. The first-order valence-electron chi connectivity index (χ1n) is 13.3. The zero-order valence-electron chi connectivity index (χ0n) is 20.7. The Labute approximate surface area is 213 Å². The van der Waals surface area contributed by atoms with Gasteiger partial charge in [0, 0.05) is 24.3 Å². The molecule has 190 valence electrons. The number of anilines is 4. The van der Waals surface area contributed by atoms with E-state index in [-0.39, 0.29) is 5.95 Å². The zero-order chi connectivity index (χ0) is 24.2. The molecular formula is C26H38ClN7O. The molecule has 2 heterocycles. The lowest BCUT2D eigenvalue weighted by atomic mass is 9.88. The fourth-order valence-electron chi connectivity index (χ4n) is 5.51. The molecule has 0 bridgehead atoms. The van der Waals surface area contributed by atoms with Gasteiger partial charge in [0.2, 0.25) is 17.8 Å². The normalized spacial score (nSPS) is 21.6. The van der Waals surface area contributed by atoms with Gasteiger partial charge in [-0.05, 0) is 75.6 Å². The van der Waals surface area contributed by atoms with Crippen LogP contribution in [0.4, 0.5) is 23.5 Å². The largest absolute Gasteiger partial charge is 0.489 e. The van der Waals surface area contributed by atoms with E-state index >= 15 is 0 Å². The van der Waals surface area contributed by atoms with Crippen molar-refractivity contribution in [2.24, 2.45) is 5.92 Å². The van der Waals surface area contributed by atoms with Crippen LogP contribution < -0.4 is 26.0 Å². The summed E-state index contributed by atoms with van der Waals surface area (Å²) in [6.07, 6.45) is 12.4. The van der Waals surface area contributed by atoms with Gasteiger partial charge in [0.05, 0.1) is 11.1 Å². The van der Waals surface area contributed by atoms with Gasteiger partial charge in [-0.15, -0.1) is 0 Å². The molecule has 1 saturated heterocycles. The first-order chi connectivity index (χ1) is 17.1. The maximum absolute atomic E-state index is 6.46. The first kappa shape index (κ1) is 24.4. The Bertz CT molecular complexity index is 990. The van der Waals surface area contributed by atoms with Gasteiger partial charge < -0.3 is 26.0 Å². The molecule has 8 nitrogen and oxygen atoms in total. The number of halogens is 1. The van der Waals surface area contributed by atoms with Crippen molar-refractivity contribution < 1.29 is 4.74 Å². The van der Waals surface area contributed by atoms with Crippen LogP contribution in [0.1, 0.15) is 71.1 Å². The average Bonchev–Trinajstić information content (AvgIpc) is 3.51. The van der Waals surface area contributed by atoms with Crippen LogP contribution in [0, 0.1) is 5.92 Å². The summed E-state index contributed by atoms with van der Waals surface area (Å²) in [6.45, 7) is 4.29. The van der Waals surface area contributed by atoms with Crippen molar-refractivity contribution in [1.82, 2.24) is 20.3 Å². The molecule has 35 heavy (non-hydrogen) atoms. The summed E-state index contributed by atoms with van der Waals surface area (Å²) in [5, 5.41) is 7.56. The lowest BCUT2D eigenvalue weighted by Crippen LogP contribution is -2.50. The lowest BCUT2D eigenvalue weighted by Gasteiger charge is -2.38. The van der Waals surface area contributed by atoms with Crippen LogP contribution >= 0.6 is 11.6 Å². The molecule has 1 aliphatic heterocycles. The van der Waals surface area contributed by atoms with Crippen molar-refractivity contribution in [3.63, 3.8) is 0 Å². The minimum Gasteiger partial charge on any atom is -0.489 e. The van der Waals surface area contributed by atoms with Crippen LogP contribution in [0.3, 0.4) is 0 Å². The van der Waals surface area contributed by atoms with Gasteiger partial charge in [-0.3, -0.25) is 0 Å². The Balaban J connectivity index is 1.39. The number of nitrogens with two attached hydrogens (primary N) is 1. The van der Waals surface area contributed by atoms with Gasteiger partial charge in [0.15, 0.2) is 0 Å². The van der Waals surface area contributed by atoms with Crippen LogP contribution in [0.15, 0.2) is 18.2 Å². The second-order valence-corrected chi connectivity index (χ2v) is 10.6. The summed E-state index contributed by atoms with van der Waals surface area (Å²) >= 11 is 6.46. The number of ether oxygens (including phenoxy) is 1. The SMILES string of the molecule is CCC(C1CCCN1)N(CC1CCCCC1)c1nc(N)nc(Nc2ccc(OC3CC3)c(Cl)c2)n1. The second kappa shape index (κ2) is 11.2. The molecule has 5 rings (SSSR count). The molecular weight excluding hydrogens is 462 g/mol. The molecule has 0 radical (unpaired) electrons. The van der Waals surface area contributed by atoms with Gasteiger partial charge in [-0.25, -0.2) is 0 Å². The van der Waals surface area contributed by atoms with E-state index in [1.807, 2.05) is 18.2 Å². The summed E-state index contributed by atoms with van der Waals surface area (Å²) in [4.78, 5) is 16.3. The average molecular weight is 500 g/mol. The highest BCUT2D eigenvalue weighted by molar-refractivity contribution is 6.32. The van der Waals surface area contributed by atoms with E-state index in [0.717, 1.165) is 38.0 Å². The topological polar surface area (TPSA) is 101 Å². The predicted octanol–water partition coefficient (Wildman–Crippen LogP) is 5.31. The van der Waals surface area contributed by atoms with Crippen molar-refractivity contribution in [2.75, 3.05) is 29.0 Å². The smallest absolute Gasteiger partial charge is 0.233 e. The van der Waals surface area contributed by atoms with Crippen LogP contribution in [0.5, 0.6) is 5.75 Å². The third-order valence-corrected chi connectivity index (χ3v) is 7.76. The highest BCUT2D eigenvalue weighted by atomic mass is 35.5. The van der Waals surface area contributed by atoms with Gasteiger partial charge in [0.25, 0.3) is 0 Å². The lowest BCUT2D eigenvalue weighted by molar-refractivity contribution is 0.303. The highest BCUT2D eigenvalue weighted by Gasteiger charge is 2.32. The minimum absolute atomic E-state index is 0.222. The second-order valence-electron chi connectivity index (χ2n) is 10.2. The van der Waals surface area contributed by atoms with Crippen LogP contribution in [0.25, 0.3) is 0 Å². The van der Waals surface area contributed by atoms with Crippen molar-refractivity contribution in [3.8, 4) is 5.75 Å². The molecule has 2 aromatic rings. The van der Waals surface area contributed by atoms with Gasteiger partial charge in [-0.1, -0.05) is 37.8 Å². The maximum atomic E-state index is 6.46. The van der Waals surface area contributed by atoms with Crippen LogP contribution in [-0.4, -0.2) is 46.2 Å². The fraction of sp³-hybridized carbons (Fsp3) is 0.654. The monoisotopic (exact) mass is 499 g/mol. The number of rotatable bonds is 10.